The lowest BCUT2D eigenvalue weighted by molar-refractivity contribution is -0.145. The molecule has 2 aromatic rings. The van der Waals surface area contributed by atoms with Gasteiger partial charge in [-0.25, -0.2) is 0 Å². The number of aliphatic carboxylic acids is 1. The highest BCUT2D eigenvalue weighted by atomic mass is 32.2. The molecule has 0 saturated heterocycles. The van der Waals surface area contributed by atoms with Gasteiger partial charge in [0, 0.05) is 9.79 Å². The summed E-state index contributed by atoms with van der Waals surface area (Å²) in [6, 6.07) is 13.0. The number of benzene rings is 2. The van der Waals surface area contributed by atoms with Gasteiger partial charge in [0.1, 0.15) is 5.75 Å². The van der Waals surface area contributed by atoms with Gasteiger partial charge in [-0.05, 0) is 105 Å². The topological polar surface area (TPSA) is 63.6 Å². The fourth-order valence-corrected chi connectivity index (χ4v) is 8.86. The molecular formula is C43H62F4O4S2. The van der Waals surface area contributed by atoms with Crippen molar-refractivity contribution in [2.45, 2.75) is 175 Å². The van der Waals surface area contributed by atoms with Crippen molar-refractivity contribution in [3.63, 3.8) is 0 Å². The van der Waals surface area contributed by atoms with Crippen molar-refractivity contribution in [2.24, 2.45) is 17.8 Å². The summed E-state index contributed by atoms with van der Waals surface area (Å²) in [4.78, 5) is 25.4. The zero-order valence-corrected chi connectivity index (χ0v) is 33.5. The number of ether oxygens (including phenoxy) is 1. The fraction of sp³-hybridized carbons (Fsp3) is 0.674. The molecule has 2 fully saturated rings. The van der Waals surface area contributed by atoms with Crippen LogP contribution in [-0.4, -0.2) is 28.6 Å². The molecule has 0 unspecified atom stereocenters. The number of carbonyl (C=O) groups is 2. The van der Waals surface area contributed by atoms with Crippen molar-refractivity contribution in [1.29, 1.82) is 0 Å². The summed E-state index contributed by atoms with van der Waals surface area (Å²) < 4.78 is 55.0. The van der Waals surface area contributed by atoms with Gasteiger partial charge in [-0.2, -0.15) is 17.6 Å². The highest BCUT2D eigenvalue weighted by Gasteiger charge is 2.43. The zero-order valence-electron chi connectivity index (χ0n) is 31.9. The van der Waals surface area contributed by atoms with E-state index in [9.17, 15) is 32.3 Å². The third-order valence-corrected chi connectivity index (χ3v) is 12.6. The number of hydrogen-bond donors (Lipinski definition) is 1. The first-order chi connectivity index (χ1) is 25.6. The molecule has 2 aromatic carbocycles. The predicted octanol–water partition coefficient (Wildman–Crippen LogP) is 14.3. The van der Waals surface area contributed by atoms with E-state index in [-0.39, 0.29) is 11.9 Å². The first-order valence-electron chi connectivity index (χ1n) is 20.1. The van der Waals surface area contributed by atoms with Gasteiger partial charge >= 0.3 is 11.9 Å². The van der Waals surface area contributed by atoms with Gasteiger partial charge in [-0.15, -0.1) is 0 Å². The highest BCUT2D eigenvalue weighted by molar-refractivity contribution is 7.99. The average Bonchev–Trinajstić information content (AvgIpc) is 3.14. The molecule has 1 N–H and O–H groups in total. The standard InChI is InChI=1S/C22H32F2O2S.C21H30F2O2S/c1-2-3-4-5-6-7-8-17-13-15-22(16-14-17,20(25)26)18-9-11-19(12-10-18)27-21(23)24;1-2-3-4-5-6-7-16-8-10-17(11-9-16)20(24)25-18-12-14-19(15-13-18)26-21(22)23/h9-12,17,21H,2-8,13-16H2,1H3,(H,25,26);12-17,21H,2-11H2,1H3. The van der Waals surface area contributed by atoms with E-state index in [0.29, 0.717) is 57.8 Å². The van der Waals surface area contributed by atoms with Crippen molar-refractivity contribution in [3.8, 4) is 5.75 Å². The van der Waals surface area contributed by atoms with Gasteiger partial charge in [-0.1, -0.05) is 133 Å². The number of rotatable bonds is 21. The number of carbonyl (C=O) groups excluding carboxylic acids is 1. The molecule has 0 bridgehead atoms. The second-order valence-electron chi connectivity index (χ2n) is 15.0. The Kier molecular flexibility index (Phi) is 21.4. The van der Waals surface area contributed by atoms with Crippen molar-refractivity contribution >= 4 is 35.5 Å². The molecule has 0 heterocycles. The van der Waals surface area contributed by atoms with E-state index in [0.717, 1.165) is 50.0 Å². The Hall–Kier alpha value is -2.20. The van der Waals surface area contributed by atoms with Crippen molar-refractivity contribution in [2.75, 3.05) is 0 Å². The van der Waals surface area contributed by atoms with Gasteiger partial charge in [0.15, 0.2) is 0 Å². The van der Waals surface area contributed by atoms with Gasteiger partial charge < -0.3 is 9.84 Å². The van der Waals surface area contributed by atoms with Crippen LogP contribution in [0, 0.1) is 17.8 Å². The number of thioether (sulfide) groups is 2. The van der Waals surface area contributed by atoms with Crippen LogP contribution in [0.2, 0.25) is 0 Å². The highest BCUT2D eigenvalue weighted by Crippen LogP contribution is 2.44. The van der Waals surface area contributed by atoms with Gasteiger partial charge in [-0.3, -0.25) is 9.59 Å². The molecule has 53 heavy (non-hydrogen) atoms. The van der Waals surface area contributed by atoms with Crippen LogP contribution >= 0.6 is 23.5 Å². The minimum Gasteiger partial charge on any atom is -0.481 e. The Morgan fingerprint density at radius 3 is 1.55 bits per heavy atom. The van der Waals surface area contributed by atoms with Gasteiger partial charge in [0.2, 0.25) is 0 Å². The molecule has 2 saturated carbocycles. The van der Waals surface area contributed by atoms with E-state index in [4.69, 9.17) is 4.74 Å². The molecule has 0 atom stereocenters. The van der Waals surface area contributed by atoms with Crippen LogP contribution in [-0.2, 0) is 15.0 Å². The second kappa shape index (κ2) is 25.1. The smallest absolute Gasteiger partial charge is 0.314 e. The third-order valence-electron chi connectivity index (χ3n) is 11.1. The summed E-state index contributed by atoms with van der Waals surface area (Å²) in [5, 5.41) is 9.91. The monoisotopic (exact) mass is 782 g/mol. The lowest BCUT2D eigenvalue weighted by atomic mass is 9.66. The molecule has 0 aromatic heterocycles. The Morgan fingerprint density at radius 1 is 0.660 bits per heavy atom. The predicted molar refractivity (Wildman–Crippen MR) is 210 cm³/mol. The Bertz CT molecular complexity index is 1290. The summed E-state index contributed by atoms with van der Waals surface area (Å²) >= 11 is 0.988. The number of alkyl halides is 4. The summed E-state index contributed by atoms with van der Waals surface area (Å²) in [6.07, 6.45) is 24.0. The molecule has 0 aliphatic heterocycles. The number of hydrogen-bond acceptors (Lipinski definition) is 5. The Morgan fingerprint density at radius 2 is 1.09 bits per heavy atom. The molecule has 0 radical (unpaired) electrons. The van der Waals surface area contributed by atoms with Crippen LogP contribution in [0.1, 0.15) is 154 Å². The van der Waals surface area contributed by atoms with Crippen LogP contribution < -0.4 is 4.74 Å². The lowest BCUT2D eigenvalue weighted by Crippen LogP contribution is -2.39. The molecule has 0 amide bonds. The lowest BCUT2D eigenvalue weighted by Gasteiger charge is -2.37. The molecule has 0 spiro atoms. The average molecular weight is 783 g/mol. The van der Waals surface area contributed by atoms with E-state index in [2.05, 4.69) is 13.8 Å². The SMILES string of the molecule is CCCCCCCC1CCC(C(=O)Oc2ccc(SC(F)F)cc2)CC1.CCCCCCCCC1CCC(C(=O)O)(c2ccc(SC(F)F)cc2)CC1. The van der Waals surface area contributed by atoms with Gasteiger partial charge in [0.05, 0.1) is 11.3 Å². The molecule has 4 rings (SSSR count). The third kappa shape index (κ3) is 16.6. The van der Waals surface area contributed by atoms with Crippen LogP contribution in [0.15, 0.2) is 58.3 Å². The van der Waals surface area contributed by atoms with Crippen LogP contribution in [0.3, 0.4) is 0 Å². The number of carboxylic acid groups (broad SMARTS) is 1. The Labute approximate surface area is 324 Å². The van der Waals surface area contributed by atoms with E-state index in [1.165, 1.54) is 83.5 Å². The maximum absolute atomic E-state index is 12.5. The van der Waals surface area contributed by atoms with Crippen LogP contribution in [0.4, 0.5) is 17.6 Å². The molecule has 2 aliphatic carbocycles. The second-order valence-corrected chi connectivity index (χ2v) is 17.1. The maximum atomic E-state index is 12.5. The summed E-state index contributed by atoms with van der Waals surface area (Å²) in [7, 11) is 0. The summed E-state index contributed by atoms with van der Waals surface area (Å²) in [5.41, 5.74) is -0.0994. The quantitative estimate of drug-likeness (QED) is 0.0447. The van der Waals surface area contributed by atoms with Crippen molar-refractivity contribution in [1.82, 2.24) is 0 Å². The van der Waals surface area contributed by atoms with Gasteiger partial charge in [0.25, 0.3) is 11.5 Å². The molecule has 4 nitrogen and oxygen atoms in total. The van der Waals surface area contributed by atoms with E-state index in [1.807, 2.05) is 0 Å². The number of unbranched alkanes of at least 4 members (excludes halogenated alkanes) is 9. The van der Waals surface area contributed by atoms with E-state index in [1.54, 1.807) is 48.5 Å². The van der Waals surface area contributed by atoms with Crippen LogP contribution in [0.25, 0.3) is 0 Å². The minimum absolute atomic E-state index is 0.0264. The molecule has 298 valence electrons. The van der Waals surface area contributed by atoms with Crippen LogP contribution in [0.5, 0.6) is 5.75 Å². The number of halogens is 4. The largest absolute Gasteiger partial charge is 0.481 e. The first kappa shape index (κ1) is 45.2. The molecule has 10 heteroatoms. The fourth-order valence-electron chi connectivity index (χ4n) is 7.87. The normalized spacial score (nSPS) is 21.6. The number of carboxylic acids is 1. The van der Waals surface area contributed by atoms with E-state index >= 15 is 0 Å². The molecular weight excluding hydrogens is 721 g/mol. The van der Waals surface area contributed by atoms with E-state index < -0.39 is 22.9 Å². The van der Waals surface area contributed by atoms with Crippen molar-refractivity contribution in [3.05, 3.63) is 54.1 Å². The Balaban J connectivity index is 0.000000286. The number of esters is 1. The summed E-state index contributed by atoms with van der Waals surface area (Å²) in [6.45, 7) is 4.46. The first-order valence-corrected chi connectivity index (χ1v) is 21.9. The maximum Gasteiger partial charge on any atom is 0.314 e. The van der Waals surface area contributed by atoms with Crippen molar-refractivity contribution < 1.29 is 37.0 Å². The minimum atomic E-state index is -2.46. The zero-order chi connectivity index (χ0) is 38.5. The summed E-state index contributed by atoms with van der Waals surface area (Å²) in [5.74, 6) is -4.07. The molecule has 2 aliphatic rings.